The minimum Gasteiger partial charge on any atom is -0.324 e. The highest BCUT2D eigenvalue weighted by atomic mass is 32.2. The van der Waals surface area contributed by atoms with Crippen LogP contribution in [0.5, 0.6) is 0 Å². The minimum absolute atomic E-state index is 0.0536. The molecule has 0 aliphatic rings. The van der Waals surface area contributed by atoms with Crippen LogP contribution in [0.2, 0.25) is 0 Å². The van der Waals surface area contributed by atoms with E-state index in [1.54, 1.807) is 14.0 Å². The van der Waals surface area contributed by atoms with E-state index in [1.165, 1.54) is 35.3 Å². The number of aromatic nitrogens is 4. The molecule has 0 aliphatic heterocycles. The zero-order valence-electron chi connectivity index (χ0n) is 15.1. The summed E-state index contributed by atoms with van der Waals surface area (Å²) in [5.41, 5.74) is -0.0261. The Morgan fingerprint density at radius 3 is 2.43 bits per heavy atom. The highest BCUT2D eigenvalue weighted by molar-refractivity contribution is 7.90. The second-order valence-corrected chi connectivity index (χ2v) is 8.25. The Hall–Kier alpha value is -2.95. The molecule has 0 radical (unpaired) electrons. The van der Waals surface area contributed by atoms with Gasteiger partial charge in [0.2, 0.25) is 5.95 Å². The average molecular weight is 411 g/mol. The largest absolute Gasteiger partial charge is 0.419 e. The van der Waals surface area contributed by atoms with Crippen molar-refractivity contribution in [2.45, 2.75) is 18.0 Å². The maximum absolute atomic E-state index is 13.3. The molecule has 0 fully saturated rings. The van der Waals surface area contributed by atoms with E-state index in [-0.39, 0.29) is 22.1 Å². The van der Waals surface area contributed by atoms with Crippen molar-refractivity contribution in [3.8, 4) is 11.3 Å². The van der Waals surface area contributed by atoms with E-state index in [0.717, 1.165) is 6.26 Å². The Balaban J connectivity index is 2.02. The Labute approximate surface area is 159 Å². The number of benzene rings is 1. The van der Waals surface area contributed by atoms with Crippen LogP contribution in [-0.2, 0) is 23.1 Å². The minimum atomic E-state index is -4.63. The molecular formula is C17H16F3N5O2S. The summed E-state index contributed by atoms with van der Waals surface area (Å²) in [5, 5.41) is 6.72. The van der Waals surface area contributed by atoms with Gasteiger partial charge < -0.3 is 5.32 Å². The molecule has 2 aromatic heterocycles. The SMILES string of the molecule is Cc1cc(S(C)(=O)=O)ccc1Nc1ncc(C(F)(F)F)c(-c2cnn(C)c2)n1. The average Bonchev–Trinajstić information content (AvgIpc) is 3.01. The van der Waals surface area contributed by atoms with Crippen molar-refractivity contribution < 1.29 is 21.6 Å². The highest BCUT2D eigenvalue weighted by Gasteiger charge is 2.35. The van der Waals surface area contributed by atoms with E-state index < -0.39 is 21.6 Å². The summed E-state index contributed by atoms with van der Waals surface area (Å²) in [6.07, 6.45) is -0.121. The van der Waals surface area contributed by atoms with Gasteiger partial charge in [0, 0.05) is 36.9 Å². The smallest absolute Gasteiger partial charge is 0.324 e. The first-order valence-electron chi connectivity index (χ1n) is 7.96. The lowest BCUT2D eigenvalue weighted by Gasteiger charge is -2.14. The number of anilines is 2. The molecule has 0 saturated carbocycles. The molecule has 0 saturated heterocycles. The van der Waals surface area contributed by atoms with Crippen LogP contribution in [0.1, 0.15) is 11.1 Å². The zero-order chi connectivity index (χ0) is 20.7. The van der Waals surface area contributed by atoms with Crippen LogP contribution in [0.4, 0.5) is 24.8 Å². The molecule has 0 atom stereocenters. The van der Waals surface area contributed by atoms with E-state index in [2.05, 4.69) is 20.4 Å². The van der Waals surface area contributed by atoms with Gasteiger partial charge in [-0.05, 0) is 30.7 Å². The van der Waals surface area contributed by atoms with E-state index in [4.69, 9.17) is 0 Å². The van der Waals surface area contributed by atoms with E-state index in [1.807, 2.05) is 0 Å². The molecule has 2 heterocycles. The van der Waals surface area contributed by atoms with Gasteiger partial charge in [-0.3, -0.25) is 4.68 Å². The van der Waals surface area contributed by atoms with Gasteiger partial charge in [0.05, 0.1) is 16.8 Å². The fraction of sp³-hybridized carbons (Fsp3) is 0.235. The molecule has 0 amide bonds. The van der Waals surface area contributed by atoms with Crippen LogP contribution in [0, 0.1) is 6.92 Å². The Morgan fingerprint density at radius 2 is 1.89 bits per heavy atom. The lowest BCUT2D eigenvalue weighted by atomic mass is 10.1. The Bertz CT molecular complexity index is 1140. The van der Waals surface area contributed by atoms with Gasteiger partial charge >= 0.3 is 6.18 Å². The van der Waals surface area contributed by atoms with Crippen molar-refractivity contribution in [3.05, 3.63) is 47.9 Å². The maximum Gasteiger partial charge on any atom is 0.419 e. The summed E-state index contributed by atoms with van der Waals surface area (Å²) in [5.74, 6) is -0.0536. The fourth-order valence-electron chi connectivity index (χ4n) is 2.54. The molecule has 148 valence electrons. The van der Waals surface area contributed by atoms with Crippen LogP contribution in [0.25, 0.3) is 11.3 Å². The molecule has 1 N–H and O–H groups in total. The molecular weight excluding hydrogens is 395 g/mol. The number of alkyl halides is 3. The second-order valence-electron chi connectivity index (χ2n) is 6.23. The first kappa shape index (κ1) is 19.8. The lowest BCUT2D eigenvalue weighted by Crippen LogP contribution is -2.11. The molecule has 7 nitrogen and oxygen atoms in total. The predicted molar refractivity (Wildman–Crippen MR) is 96.8 cm³/mol. The summed E-state index contributed by atoms with van der Waals surface area (Å²) in [7, 11) is -1.78. The topological polar surface area (TPSA) is 89.8 Å². The molecule has 0 bridgehead atoms. The van der Waals surface area contributed by atoms with Gasteiger partial charge in [-0.15, -0.1) is 0 Å². The van der Waals surface area contributed by atoms with Crippen molar-refractivity contribution in [3.63, 3.8) is 0 Å². The van der Waals surface area contributed by atoms with Crippen molar-refractivity contribution in [2.24, 2.45) is 7.05 Å². The lowest BCUT2D eigenvalue weighted by molar-refractivity contribution is -0.137. The third-order valence-electron chi connectivity index (χ3n) is 3.94. The van der Waals surface area contributed by atoms with Gasteiger partial charge in [-0.1, -0.05) is 0 Å². The molecule has 11 heteroatoms. The van der Waals surface area contributed by atoms with E-state index in [0.29, 0.717) is 17.4 Å². The van der Waals surface area contributed by atoms with Gasteiger partial charge in [0.15, 0.2) is 9.84 Å². The maximum atomic E-state index is 13.3. The van der Waals surface area contributed by atoms with Gasteiger partial charge in [-0.25, -0.2) is 18.4 Å². The molecule has 0 unspecified atom stereocenters. The van der Waals surface area contributed by atoms with Crippen molar-refractivity contribution in [1.29, 1.82) is 0 Å². The summed E-state index contributed by atoms with van der Waals surface area (Å²) in [6.45, 7) is 1.67. The third-order valence-corrected chi connectivity index (χ3v) is 5.06. The zero-order valence-corrected chi connectivity index (χ0v) is 15.9. The van der Waals surface area contributed by atoms with Crippen LogP contribution in [0.15, 0.2) is 41.7 Å². The number of hydrogen-bond acceptors (Lipinski definition) is 6. The molecule has 1 aromatic carbocycles. The molecule has 0 aliphatic carbocycles. The number of sulfone groups is 1. The third kappa shape index (κ3) is 4.14. The Morgan fingerprint density at radius 1 is 1.18 bits per heavy atom. The molecule has 0 spiro atoms. The molecule has 28 heavy (non-hydrogen) atoms. The van der Waals surface area contributed by atoms with Gasteiger partial charge in [-0.2, -0.15) is 18.3 Å². The Kier molecular flexibility index (Phi) is 4.88. The highest BCUT2D eigenvalue weighted by Crippen LogP contribution is 2.36. The quantitative estimate of drug-likeness (QED) is 0.708. The predicted octanol–water partition coefficient (Wildman–Crippen LogP) is 3.35. The van der Waals surface area contributed by atoms with Crippen LogP contribution < -0.4 is 5.32 Å². The summed E-state index contributed by atoms with van der Waals surface area (Å²) in [6, 6.07) is 4.37. The summed E-state index contributed by atoms with van der Waals surface area (Å²) in [4.78, 5) is 7.91. The molecule has 3 aromatic rings. The first-order valence-corrected chi connectivity index (χ1v) is 9.85. The molecule has 3 rings (SSSR count). The number of aryl methyl sites for hydroxylation is 2. The number of rotatable bonds is 4. The second kappa shape index (κ2) is 6.89. The van der Waals surface area contributed by atoms with Gasteiger partial charge in [0.1, 0.15) is 5.56 Å². The van der Waals surface area contributed by atoms with Crippen LogP contribution in [0.3, 0.4) is 0 Å². The van der Waals surface area contributed by atoms with Crippen LogP contribution >= 0.6 is 0 Å². The van der Waals surface area contributed by atoms with Crippen molar-refractivity contribution in [1.82, 2.24) is 19.7 Å². The van der Waals surface area contributed by atoms with Crippen LogP contribution in [-0.4, -0.2) is 34.4 Å². The van der Waals surface area contributed by atoms with E-state index >= 15 is 0 Å². The van der Waals surface area contributed by atoms with E-state index in [9.17, 15) is 21.6 Å². The van der Waals surface area contributed by atoms with Gasteiger partial charge in [0.25, 0.3) is 0 Å². The number of halogens is 3. The fourth-order valence-corrected chi connectivity index (χ4v) is 3.25. The van der Waals surface area contributed by atoms with Crippen molar-refractivity contribution in [2.75, 3.05) is 11.6 Å². The number of nitrogens with one attached hydrogen (secondary N) is 1. The normalized spacial score (nSPS) is 12.2. The standard InChI is InChI=1S/C17H16F3N5O2S/c1-10-6-12(28(3,26)27)4-5-14(10)23-16-21-8-13(17(18,19)20)15(24-16)11-7-22-25(2)9-11/h4-9H,1-3H3,(H,21,23,24). The number of nitrogens with zero attached hydrogens (tertiary/aromatic N) is 4. The summed E-state index contributed by atoms with van der Waals surface area (Å²) >= 11 is 0. The summed E-state index contributed by atoms with van der Waals surface area (Å²) < 4.78 is 64.6. The van der Waals surface area contributed by atoms with Crippen molar-refractivity contribution >= 4 is 21.5 Å². The number of hydrogen-bond donors (Lipinski definition) is 1. The first-order chi connectivity index (χ1) is 12.9. The monoisotopic (exact) mass is 411 g/mol.